The predicted molar refractivity (Wildman–Crippen MR) is 116 cm³/mol. The van der Waals surface area contributed by atoms with Crippen LogP contribution in [0.1, 0.15) is 25.0 Å². The van der Waals surface area contributed by atoms with Crippen molar-refractivity contribution in [3.8, 4) is 5.75 Å². The summed E-state index contributed by atoms with van der Waals surface area (Å²) in [6.45, 7) is 5.98. The van der Waals surface area contributed by atoms with E-state index in [0.717, 1.165) is 24.8 Å². The molecule has 0 aliphatic heterocycles. The van der Waals surface area contributed by atoms with Gasteiger partial charge in [-0.05, 0) is 23.3 Å². The molecule has 0 aliphatic rings. The number of aliphatic imine (C=N–C) groups is 1. The fourth-order valence-electron chi connectivity index (χ4n) is 2.45. The maximum Gasteiger partial charge on any atom is 0.191 e. The Morgan fingerprint density at radius 2 is 1.64 bits per heavy atom. The van der Waals surface area contributed by atoms with Gasteiger partial charge in [-0.15, -0.1) is 24.0 Å². The topological polar surface area (TPSA) is 45.7 Å². The van der Waals surface area contributed by atoms with E-state index < -0.39 is 0 Å². The van der Waals surface area contributed by atoms with Gasteiger partial charge in [0.2, 0.25) is 0 Å². The Hall–Kier alpha value is -1.76. The lowest BCUT2D eigenvalue weighted by Gasteiger charge is -2.26. The lowest BCUT2D eigenvalue weighted by Crippen LogP contribution is -2.43. The summed E-state index contributed by atoms with van der Waals surface area (Å²) in [7, 11) is 3.46. The molecule has 4 nitrogen and oxygen atoms in total. The van der Waals surface area contributed by atoms with Gasteiger partial charge in [0.25, 0.3) is 0 Å². The molecule has 0 saturated heterocycles. The molecule has 0 unspecified atom stereocenters. The van der Waals surface area contributed by atoms with Crippen LogP contribution < -0.4 is 15.4 Å². The van der Waals surface area contributed by atoms with Gasteiger partial charge in [0.15, 0.2) is 5.96 Å². The number of benzene rings is 2. The zero-order chi connectivity index (χ0) is 17.4. The first-order valence-corrected chi connectivity index (χ1v) is 8.18. The van der Waals surface area contributed by atoms with Crippen molar-refractivity contribution in [3.63, 3.8) is 0 Å². The van der Waals surface area contributed by atoms with Crippen LogP contribution in [0, 0.1) is 0 Å². The number of hydrogen-bond donors (Lipinski definition) is 2. The van der Waals surface area contributed by atoms with Crippen molar-refractivity contribution in [1.29, 1.82) is 0 Å². The summed E-state index contributed by atoms with van der Waals surface area (Å²) in [6.07, 6.45) is 0. The zero-order valence-electron chi connectivity index (χ0n) is 15.4. The van der Waals surface area contributed by atoms with Crippen molar-refractivity contribution >= 4 is 29.9 Å². The summed E-state index contributed by atoms with van der Waals surface area (Å²) in [5, 5.41) is 6.76. The molecule has 25 heavy (non-hydrogen) atoms. The first-order chi connectivity index (χ1) is 11.5. The third-order valence-corrected chi connectivity index (χ3v) is 4.10. The lowest BCUT2D eigenvalue weighted by molar-refractivity contribution is 0.414. The van der Waals surface area contributed by atoms with Crippen LogP contribution in [0.3, 0.4) is 0 Å². The smallest absolute Gasteiger partial charge is 0.191 e. The molecule has 5 heteroatoms. The molecule has 0 aromatic heterocycles. The van der Waals surface area contributed by atoms with Gasteiger partial charge in [-0.2, -0.15) is 0 Å². The van der Waals surface area contributed by atoms with Crippen LogP contribution in [0.15, 0.2) is 59.6 Å². The first kappa shape index (κ1) is 21.3. The van der Waals surface area contributed by atoms with E-state index >= 15 is 0 Å². The van der Waals surface area contributed by atoms with Crippen LogP contribution in [0.2, 0.25) is 0 Å². The van der Waals surface area contributed by atoms with Crippen molar-refractivity contribution in [2.45, 2.75) is 25.8 Å². The number of hydrogen-bond acceptors (Lipinski definition) is 2. The molecule has 136 valence electrons. The minimum atomic E-state index is 0. The monoisotopic (exact) mass is 453 g/mol. The van der Waals surface area contributed by atoms with Gasteiger partial charge in [0.05, 0.1) is 7.11 Å². The number of methoxy groups -OCH3 is 1. The Kier molecular flexibility index (Phi) is 8.75. The van der Waals surface area contributed by atoms with E-state index in [2.05, 4.69) is 53.7 Å². The van der Waals surface area contributed by atoms with Crippen molar-refractivity contribution in [2.24, 2.45) is 4.99 Å². The zero-order valence-corrected chi connectivity index (χ0v) is 17.7. The van der Waals surface area contributed by atoms with Crippen LogP contribution in [0.4, 0.5) is 0 Å². The minimum absolute atomic E-state index is 0. The van der Waals surface area contributed by atoms with E-state index in [-0.39, 0.29) is 29.4 Å². The molecule has 0 spiro atoms. The standard InChI is InChI=1S/C20H27N3O.HI/c1-20(2,17-8-6-5-7-9-17)15-23-19(21-3)22-14-16-10-12-18(24-4)13-11-16;/h5-13H,14-15H2,1-4H3,(H2,21,22,23);1H. The number of halogens is 1. The highest BCUT2D eigenvalue weighted by Crippen LogP contribution is 2.21. The van der Waals surface area contributed by atoms with Crippen molar-refractivity contribution in [2.75, 3.05) is 20.7 Å². The molecule has 0 atom stereocenters. The molecule has 0 fully saturated rings. The Morgan fingerprint density at radius 1 is 1.00 bits per heavy atom. The van der Waals surface area contributed by atoms with Gasteiger partial charge in [0, 0.05) is 25.6 Å². The Bertz CT molecular complexity index is 654. The van der Waals surface area contributed by atoms with Crippen LogP contribution in [-0.2, 0) is 12.0 Å². The number of nitrogens with zero attached hydrogens (tertiary/aromatic N) is 1. The molecule has 0 radical (unpaired) electrons. The second kappa shape index (κ2) is 10.3. The summed E-state index contributed by atoms with van der Waals surface area (Å²) in [6, 6.07) is 18.5. The van der Waals surface area contributed by atoms with Gasteiger partial charge < -0.3 is 15.4 Å². The van der Waals surface area contributed by atoms with Crippen molar-refractivity contribution in [1.82, 2.24) is 10.6 Å². The molecule has 0 aliphatic carbocycles. The highest BCUT2D eigenvalue weighted by Gasteiger charge is 2.20. The molecule has 2 N–H and O–H groups in total. The Labute approximate surface area is 168 Å². The van der Waals surface area contributed by atoms with E-state index in [9.17, 15) is 0 Å². The SMILES string of the molecule is CN=C(NCc1ccc(OC)cc1)NCC(C)(C)c1ccccc1.I. The third kappa shape index (κ3) is 6.57. The minimum Gasteiger partial charge on any atom is -0.497 e. The predicted octanol–water partition coefficient (Wildman–Crippen LogP) is 3.96. The average Bonchev–Trinajstić information content (AvgIpc) is 2.63. The molecular weight excluding hydrogens is 425 g/mol. The summed E-state index contributed by atoms with van der Waals surface area (Å²) in [4.78, 5) is 4.30. The fraction of sp³-hybridized carbons (Fsp3) is 0.350. The van der Waals surface area contributed by atoms with Gasteiger partial charge in [0.1, 0.15) is 5.75 Å². The number of guanidine groups is 1. The molecule has 0 amide bonds. The molecule has 2 aromatic carbocycles. The third-order valence-electron chi connectivity index (χ3n) is 4.10. The maximum absolute atomic E-state index is 5.18. The van der Waals surface area contributed by atoms with Crippen molar-refractivity contribution < 1.29 is 4.74 Å². The largest absolute Gasteiger partial charge is 0.497 e. The highest BCUT2D eigenvalue weighted by molar-refractivity contribution is 14.0. The number of nitrogens with one attached hydrogen (secondary N) is 2. The van der Waals surface area contributed by atoms with Crippen LogP contribution >= 0.6 is 24.0 Å². The highest BCUT2D eigenvalue weighted by atomic mass is 127. The first-order valence-electron chi connectivity index (χ1n) is 8.18. The molecular formula is C20H28IN3O. The second-order valence-corrected chi connectivity index (χ2v) is 6.38. The molecule has 2 rings (SSSR count). The van der Waals surface area contributed by atoms with Crippen LogP contribution in [0.5, 0.6) is 5.75 Å². The summed E-state index contributed by atoms with van der Waals surface area (Å²) in [5.41, 5.74) is 2.52. The van der Waals surface area contributed by atoms with E-state index in [4.69, 9.17) is 4.74 Å². The Balaban J connectivity index is 0.00000312. The summed E-state index contributed by atoms with van der Waals surface area (Å²) >= 11 is 0. The van der Waals surface area contributed by atoms with E-state index in [0.29, 0.717) is 0 Å². The Morgan fingerprint density at radius 3 is 2.20 bits per heavy atom. The molecule has 0 bridgehead atoms. The van der Waals surface area contributed by atoms with Crippen LogP contribution in [0.25, 0.3) is 0 Å². The van der Waals surface area contributed by atoms with Crippen molar-refractivity contribution in [3.05, 3.63) is 65.7 Å². The fourth-order valence-corrected chi connectivity index (χ4v) is 2.45. The summed E-state index contributed by atoms with van der Waals surface area (Å²) in [5.74, 6) is 1.67. The molecule has 0 saturated carbocycles. The normalized spacial score (nSPS) is 11.4. The van der Waals surface area contributed by atoms with Gasteiger partial charge in [-0.3, -0.25) is 4.99 Å². The maximum atomic E-state index is 5.18. The molecule has 2 aromatic rings. The number of ether oxygens (including phenoxy) is 1. The average molecular weight is 453 g/mol. The second-order valence-electron chi connectivity index (χ2n) is 6.38. The van der Waals surface area contributed by atoms with Gasteiger partial charge in [-0.1, -0.05) is 56.3 Å². The number of rotatable bonds is 6. The van der Waals surface area contributed by atoms with E-state index in [1.807, 2.05) is 30.3 Å². The van der Waals surface area contributed by atoms with E-state index in [1.54, 1.807) is 14.2 Å². The quantitative estimate of drug-likeness (QED) is 0.396. The van der Waals surface area contributed by atoms with Gasteiger partial charge in [-0.25, -0.2) is 0 Å². The van der Waals surface area contributed by atoms with Gasteiger partial charge >= 0.3 is 0 Å². The van der Waals surface area contributed by atoms with Crippen LogP contribution in [-0.4, -0.2) is 26.7 Å². The molecule has 0 heterocycles. The summed E-state index contributed by atoms with van der Waals surface area (Å²) < 4.78 is 5.18. The lowest BCUT2D eigenvalue weighted by atomic mass is 9.85. The van der Waals surface area contributed by atoms with E-state index in [1.165, 1.54) is 11.1 Å².